The molecule has 5 heteroatoms. The summed E-state index contributed by atoms with van der Waals surface area (Å²) in [5.41, 5.74) is 0. The number of allylic oxidation sites excluding steroid dienone is 1. The van der Waals surface area contributed by atoms with E-state index in [9.17, 15) is 14.7 Å². The van der Waals surface area contributed by atoms with Crippen molar-refractivity contribution in [1.29, 1.82) is 0 Å². The van der Waals surface area contributed by atoms with Gasteiger partial charge in [-0.15, -0.1) is 0 Å². The Labute approximate surface area is 401 Å². The molecule has 0 rings (SSSR count). The number of carbonyl (C=O) groups is 2. The van der Waals surface area contributed by atoms with Crippen LogP contribution in [0, 0.1) is 0 Å². The average Bonchev–Trinajstić information content (AvgIpc) is 3.29. The minimum Gasteiger partial charge on any atom is -0.463 e. The third-order valence-electron chi connectivity index (χ3n) is 13.7. The van der Waals surface area contributed by atoms with Gasteiger partial charge in [-0.05, 0) is 25.7 Å². The average molecular weight is 903 g/mol. The highest BCUT2D eigenvalue weighted by atomic mass is 16.5. The summed E-state index contributed by atoms with van der Waals surface area (Å²) < 4.78 is 5.67. The number of nitrogens with one attached hydrogen (secondary N) is 1. The van der Waals surface area contributed by atoms with Crippen molar-refractivity contribution >= 4 is 11.9 Å². The maximum absolute atomic E-state index is 13.0. The highest BCUT2D eigenvalue weighted by Crippen LogP contribution is 2.18. The van der Waals surface area contributed by atoms with Crippen molar-refractivity contribution in [2.75, 3.05) is 6.61 Å². The first kappa shape index (κ1) is 62.6. The normalized spacial score (nSPS) is 12.6. The van der Waals surface area contributed by atoms with Crippen molar-refractivity contribution in [1.82, 2.24) is 5.32 Å². The molecule has 0 unspecified atom stereocenters. The molecule has 0 bridgehead atoms. The largest absolute Gasteiger partial charge is 0.463 e. The summed E-state index contributed by atoms with van der Waals surface area (Å²) in [6.07, 6.45) is 65.5. The predicted molar refractivity (Wildman–Crippen MR) is 281 cm³/mol. The zero-order valence-electron chi connectivity index (χ0n) is 43.8. The van der Waals surface area contributed by atoms with Crippen molar-refractivity contribution in [2.45, 2.75) is 348 Å². The fraction of sp³-hybridized carbons (Fsp3) is 0.932. The van der Waals surface area contributed by atoms with Gasteiger partial charge in [0.1, 0.15) is 6.61 Å². The van der Waals surface area contributed by atoms with Gasteiger partial charge in [-0.1, -0.05) is 309 Å². The Balaban J connectivity index is 4.24. The van der Waals surface area contributed by atoms with Crippen molar-refractivity contribution < 1.29 is 19.4 Å². The van der Waals surface area contributed by atoms with Gasteiger partial charge in [-0.25, -0.2) is 0 Å². The van der Waals surface area contributed by atoms with Gasteiger partial charge in [0.05, 0.1) is 12.1 Å². The second-order valence-electron chi connectivity index (χ2n) is 20.3. The minimum absolute atomic E-state index is 0.0203. The fourth-order valence-corrected chi connectivity index (χ4v) is 9.24. The molecule has 0 aromatic heterocycles. The first-order valence-corrected chi connectivity index (χ1v) is 29.3. The number of rotatable bonds is 54. The van der Waals surface area contributed by atoms with E-state index < -0.39 is 12.1 Å². The lowest BCUT2D eigenvalue weighted by atomic mass is 10.0. The van der Waals surface area contributed by atoms with Crippen molar-refractivity contribution in [2.24, 2.45) is 0 Å². The molecule has 2 N–H and O–H groups in total. The Morgan fingerprint density at radius 2 is 0.656 bits per heavy atom. The summed E-state index contributed by atoms with van der Waals surface area (Å²) in [7, 11) is 0. The van der Waals surface area contributed by atoms with Crippen LogP contribution in [0.3, 0.4) is 0 Å². The number of hydrogen-bond acceptors (Lipinski definition) is 4. The third kappa shape index (κ3) is 50.1. The number of carbonyl (C=O) groups excluding carboxylic acids is 2. The number of ether oxygens (including phenoxy) is 1. The van der Waals surface area contributed by atoms with Crippen LogP contribution < -0.4 is 5.32 Å². The van der Waals surface area contributed by atoms with Gasteiger partial charge in [0.15, 0.2) is 0 Å². The zero-order chi connectivity index (χ0) is 46.5. The maximum Gasteiger partial charge on any atom is 0.305 e. The third-order valence-corrected chi connectivity index (χ3v) is 13.7. The lowest BCUT2D eigenvalue weighted by Gasteiger charge is -2.22. The van der Waals surface area contributed by atoms with Crippen molar-refractivity contribution in [3.8, 4) is 0 Å². The Morgan fingerprint density at radius 1 is 0.391 bits per heavy atom. The standard InChI is InChI=1S/C59H115NO4/c1-4-7-10-13-16-19-22-25-26-27-28-29-30-31-32-33-36-39-42-45-48-51-54-59(63)64-55-56(57(61)52-49-46-43-40-37-34-23-20-17-14-11-8-5-2)60-58(62)53-50-47-44-41-38-35-24-21-18-15-12-9-6-3/h49,52,56-57,61H,4-48,50-51,53-55H2,1-3H3,(H,60,62)/b52-49+/t56-,57+/m0/s1. The number of aliphatic hydroxyl groups is 1. The molecule has 2 atom stereocenters. The van der Waals surface area contributed by atoms with Gasteiger partial charge in [-0.3, -0.25) is 9.59 Å². The first-order valence-electron chi connectivity index (χ1n) is 29.3. The van der Waals surface area contributed by atoms with E-state index in [2.05, 4.69) is 26.1 Å². The molecule has 0 aliphatic carbocycles. The molecular formula is C59H115NO4. The fourth-order valence-electron chi connectivity index (χ4n) is 9.24. The zero-order valence-corrected chi connectivity index (χ0v) is 43.8. The van der Waals surface area contributed by atoms with E-state index in [1.165, 1.54) is 263 Å². The van der Waals surface area contributed by atoms with E-state index in [1.807, 2.05) is 6.08 Å². The molecule has 0 saturated carbocycles. The topological polar surface area (TPSA) is 75.6 Å². The lowest BCUT2D eigenvalue weighted by molar-refractivity contribution is -0.146. The molecule has 0 aromatic rings. The van der Waals surface area contributed by atoms with Gasteiger partial charge in [0, 0.05) is 12.8 Å². The molecule has 0 saturated heterocycles. The smallest absolute Gasteiger partial charge is 0.305 e. The van der Waals surface area contributed by atoms with Crippen LogP contribution in [0.5, 0.6) is 0 Å². The van der Waals surface area contributed by atoms with Crippen LogP contribution in [0.2, 0.25) is 0 Å². The van der Waals surface area contributed by atoms with E-state index >= 15 is 0 Å². The van der Waals surface area contributed by atoms with Crippen molar-refractivity contribution in [3.63, 3.8) is 0 Å². The van der Waals surface area contributed by atoms with Crippen LogP contribution in [0.15, 0.2) is 12.2 Å². The highest BCUT2D eigenvalue weighted by molar-refractivity contribution is 5.76. The van der Waals surface area contributed by atoms with Crippen LogP contribution in [-0.4, -0.2) is 35.7 Å². The first-order chi connectivity index (χ1) is 31.5. The summed E-state index contributed by atoms with van der Waals surface area (Å²) in [6, 6.07) is -0.614. The Bertz CT molecular complexity index is 951. The summed E-state index contributed by atoms with van der Waals surface area (Å²) in [4.78, 5) is 25.7. The van der Waals surface area contributed by atoms with Gasteiger partial charge in [-0.2, -0.15) is 0 Å². The van der Waals surface area contributed by atoms with E-state index in [0.29, 0.717) is 12.8 Å². The molecule has 380 valence electrons. The number of hydrogen-bond donors (Lipinski definition) is 2. The second-order valence-corrected chi connectivity index (χ2v) is 20.3. The van der Waals surface area contributed by atoms with Crippen molar-refractivity contribution in [3.05, 3.63) is 12.2 Å². The van der Waals surface area contributed by atoms with Gasteiger partial charge < -0.3 is 15.2 Å². The number of esters is 1. The van der Waals surface area contributed by atoms with Gasteiger partial charge in [0.2, 0.25) is 5.91 Å². The van der Waals surface area contributed by atoms with Crippen LogP contribution >= 0.6 is 0 Å². The van der Waals surface area contributed by atoms with Crippen LogP contribution in [0.1, 0.15) is 335 Å². The van der Waals surface area contributed by atoms with Crippen LogP contribution in [0.4, 0.5) is 0 Å². The molecule has 0 heterocycles. The minimum atomic E-state index is -0.870. The van der Waals surface area contributed by atoms with Gasteiger partial charge >= 0.3 is 5.97 Å². The maximum atomic E-state index is 13.0. The van der Waals surface area contributed by atoms with Crippen LogP contribution in [0.25, 0.3) is 0 Å². The molecule has 1 amide bonds. The Morgan fingerprint density at radius 3 is 0.969 bits per heavy atom. The summed E-state index contributed by atoms with van der Waals surface area (Å²) in [6.45, 7) is 6.86. The highest BCUT2D eigenvalue weighted by Gasteiger charge is 2.21. The molecule has 64 heavy (non-hydrogen) atoms. The molecule has 0 aliphatic heterocycles. The number of unbranched alkanes of at least 4 members (excludes halogenated alkanes) is 44. The number of aliphatic hydroxyl groups excluding tert-OH is 1. The summed E-state index contributed by atoms with van der Waals surface area (Å²) in [5.74, 6) is -0.275. The molecule has 0 aromatic carbocycles. The van der Waals surface area contributed by atoms with E-state index in [-0.39, 0.29) is 18.5 Å². The predicted octanol–water partition coefficient (Wildman–Crippen LogP) is 19.1. The molecule has 0 fully saturated rings. The monoisotopic (exact) mass is 902 g/mol. The van der Waals surface area contributed by atoms with Gasteiger partial charge in [0.25, 0.3) is 0 Å². The van der Waals surface area contributed by atoms with E-state index in [0.717, 1.165) is 38.5 Å². The molecule has 0 radical (unpaired) electrons. The second kappa shape index (κ2) is 54.2. The SMILES string of the molecule is CCCCCCCCCCCCC/C=C/[C@@H](O)[C@H](COC(=O)CCCCCCCCCCCCCCCCCCCCCCCC)NC(=O)CCCCCCCCCCCCCCC. The summed E-state index contributed by atoms with van der Waals surface area (Å²) in [5, 5.41) is 14.1. The molecule has 5 nitrogen and oxygen atoms in total. The Hall–Kier alpha value is -1.36. The van der Waals surface area contributed by atoms with E-state index in [1.54, 1.807) is 6.08 Å². The number of amides is 1. The summed E-state index contributed by atoms with van der Waals surface area (Å²) >= 11 is 0. The Kier molecular flexibility index (Phi) is 53.1. The molecular weight excluding hydrogens is 787 g/mol. The van der Waals surface area contributed by atoms with Crippen LogP contribution in [-0.2, 0) is 14.3 Å². The molecule has 0 spiro atoms. The lowest BCUT2D eigenvalue weighted by Crippen LogP contribution is -2.46. The van der Waals surface area contributed by atoms with E-state index in [4.69, 9.17) is 4.74 Å². The molecule has 0 aliphatic rings. The quantitative estimate of drug-likeness (QED) is 0.0362.